The van der Waals surface area contributed by atoms with Gasteiger partial charge in [0.25, 0.3) is 0 Å². The summed E-state index contributed by atoms with van der Waals surface area (Å²) in [5.74, 6) is 0. The maximum Gasteiger partial charge on any atom is 0.224 e. The van der Waals surface area contributed by atoms with Crippen LogP contribution < -0.4 is 0 Å². The van der Waals surface area contributed by atoms with Crippen molar-refractivity contribution >= 4 is 26.0 Å². The molecule has 2 aliphatic heterocycles. The van der Waals surface area contributed by atoms with Crippen molar-refractivity contribution in [3.63, 3.8) is 0 Å². The maximum absolute atomic E-state index is 11.6. The molecule has 0 aromatic heterocycles. The molecule has 2 saturated heterocycles. The molecule has 1 atom stereocenters. The summed E-state index contributed by atoms with van der Waals surface area (Å²) in [7, 11) is -3.04. The molecule has 2 fully saturated rings. The van der Waals surface area contributed by atoms with Crippen LogP contribution in [0.5, 0.6) is 0 Å². The highest BCUT2D eigenvalue weighted by Crippen LogP contribution is 2.23. The predicted molar refractivity (Wildman–Crippen MR) is 58.9 cm³/mol. The van der Waals surface area contributed by atoms with Gasteiger partial charge in [-0.15, -0.1) is 0 Å². The van der Waals surface area contributed by atoms with Gasteiger partial charge >= 0.3 is 0 Å². The Morgan fingerprint density at radius 2 is 2.07 bits per heavy atom. The average Bonchev–Trinajstić information content (AvgIpc) is 2.64. The first-order valence-electron chi connectivity index (χ1n) is 4.91. The van der Waals surface area contributed by atoms with Crippen LogP contribution in [0.25, 0.3) is 0 Å². The van der Waals surface area contributed by atoms with Crippen molar-refractivity contribution in [2.45, 2.75) is 18.9 Å². The van der Waals surface area contributed by atoms with Crippen molar-refractivity contribution in [3.05, 3.63) is 0 Å². The molecular weight excluding hydrogens is 268 g/mol. The van der Waals surface area contributed by atoms with E-state index in [0.717, 1.165) is 19.5 Å². The van der Waals surface area contributed by atoms with Gasteiger partial charge in [-0.3, -0.25) is 4.90 Å². The molecule has 2 aliphatic rings. The minimum Gasteiger partial charge on any atom is -0.298 e. The molecule has 0 amide bonds. The van der Waals surface area contributed by atoms with E-state index >= 15 is 0 Å². The van der Waals surface area contributed by atoms with E-state index < -0.39 is 10.0 Å². The summed E-state index contributed by atoms with van der Waals surface area (Å²) < 4.78 is 24.9. The number of sulfonamides is 1. The van der Waals surface area contributed by atoms with Gasteiger partial charge in [-0.05, 0) is 19.4 Å². The van der Waals surface area contributed by atoms with E-state index in [-0.39, 0.29) is 4.66 Å². The topological polar surface area (TPSA) is 40.6 Å². The lowest BCUT2D eigenvalue weighted by Gasteiger charge is -2.36. The van der Waals surface area contributed by atoms with E-state index in [1.807, 2.05) is 0 Å². The van der Waals surface area contributed by atoms with Crippen LogP contribution in [-0.2, 0) is 10.0 Å². The van der Waals surface area contributed by atoms with E-state index in [1.54, 1.807) is 4.31 Å². The molecule has 0 aromatic rings. The lowest BCUT2D eigenvalue weighted by Crippen LogP contribution is -2.52. The van der Waals surface area contributed by atoms with Crippen molar-refractivity contribution in [2.75, 3.05) is 30.8 Å². The Morgan fingerprint density at radius 3 is 2.79 bits per heavy atom. The molecule has 6 heteroatoms. The monoisotopic (exact) mass is 282 g/mol. The number of hydrogen-bond acceptors (Lipinski definition) is 3. The van der Waals surface area contributed by atoms with E-state index in [2.05, 4.69) is 20.8 Å². The van der Waals surface area contributed by atoms with Gasteiger partial charge in [0.15, 0.2) is 0 Å². The van der Waals surface area contributed by atoms with Gasteiger partial charge in [0.2, 0.25) is 10.0 Å². The molecule has 0 aliphatic carbocycles. The van der Waals surface area contributed by atoms with E-state index in [9.17, 15) is 8.42 Å². The van der Waals surface area contributed by atoms with Crippen LogP contribution >= 0.6 is 15.9 Å². The molecule has 0 aromatic carbocycles. The highest BCUT2D eigenvalue weighted by Gasteiger charge is 2.34. The Labute approximate surface area is 93.4 Å². The van der Waals surface area contributed by atoms with Crippen LogP contribution in [0.4, 0.5) is 0 Å². The number of hydrogen-bond donors (Lipinski definition) is 0. The first kappa shape index (κ1) is 10.9. The second-order valence-corrected chi connectivity index (χ2v) is 7.18. The lowest BCUT2D eigenvalue weighted by molar-refractivity contribution is 0.158. The first-order chi connectivity index (χ1) is 6.63. The molecule has 14 heavy (non-hydrogen) atoms. The largest absolute Gasteiger partial charge is 0.298 e. The van der Waals surface area contributed by atoms with E-state index in [4.69, 9.17) is 0 Å². The van der Waals surface area contributed by atoms with Gasteiger partial charge in [0.05, 0.1) is 0 Å². The van der Waals surface area contributed by atoms with Crippen LogP contribution in [0.1, 0.15) is 12.8 Å². The van der Waals surface area contributed by atoms with Crippen molar-refractivity contribution in [1.82, 2.24) is 9.21 Å². The predicted octanol–water partition coefficient (Wildman–Crippen LogP) is 0.449. The highest BCUT2D eigenvalue weighted by molar-refractivity contribution is 9.10. The van der Waals surface area contributed by atoms with Gasteiger partial charge in [-0.25, -0.2) is 8.42 Å². The molecule has 82 valence electrons. The fourth-order valence-electron chi connectivity index (χ4n) is 2.28. The molecule has 0 N–H and O–H groups in total. The summed E-state index contributed by atoms with van der Waals surface area (Å²) in [6.07, 6.45) is 2.36. The second-order valence-electron chi connectivity index (χ2n) is 3.91. The van der Waals surface area contributed by atoms with E-state index in [0.29, 0.717) is 19.1 Å². The maximum atomic E-state index is 11.6. The molecule has 0 saturated carbocycles. The number of halogens is 1. The third-order valence-electron chi connectivity index (χ3n) is 3.08. The standard InChI is InChI=1S/C8H15BrN2O2S/c9-7-14(12,13)11-5-4-10-3-1-2-8(10)6-11/h8H,1-7H2. The van der Waals surface area contributed by atoms with E-state index in [1.165, 1.54) is 6.42 Å². The third-order valence-corrected chi connectivity index (χ3v) is 6.21. The first-order valence-corrected chi connectivity index (χ1v) is 7.64. The number of alkyl halides is 1. The molecule has 2 rings (SSSR count). The number of piperazine rings is 1. The van der Waals surface area contributed by atoms with Crippen molar-refractivity contribution < 1.29 is 8.42 Å². The smallest absolute Gasteiger partial charge is 0.224 e. The van der Waals surface area contributed by atoms with Gasteiger partial charge in [-0.1, -0.05) is 15.9 Å². The van der Waals surface area contributed by atoms with Crippen LogP contribution in [0, 0.1) is 0 Å². The Morgan fingerprint density at radius 1 is 1.29 bits per heavy atom. The number of fused-ring (bicyclic) bond motifs is 1. The molecule has 4 nitrogen and oxygen atoms in total. The molecule has 0 radical (unpaired) electrons. The quantitative estimate of drug-likeness (QED) is 0.691. The minimum absolute atomic E-state index is 0.0483. The van der Waals surface area contributed by atoms with Crippen LogP contribution in [0.2, 0.25) is 0 Å². The summed E-state index contributed by atoms with van der Waals surface area (Å²) in [5, 5.41) is 0. The normalized spacial score (nSPS) is 30.5. The SMILES string of the molecule is O=S(=O)(CBr)N1CCN2CCCC2C1. The van der Waals surface area contributed by atoms with Crippen molar-refractivity contribution in [2.24, 2.45) is 0 Å². The summed E-state index contributed by atoms with van der Waals surface area (Å²) in [5.41, 5.74) is 0. The van der Waals surface area contributed by atoms with Crippen molar-refractivity contribution in [1.29, 1.82) is 0 Å². The fourth-order valence-corrected chi connectivity index (χ4v) is 4.05. The Bertz CT molecular complexity index is 306. The highest BCUT2D eigenvalue weighted by atomic mass is 79.9. The summed E-state index contributed by atoms with van der Waals surface area (Å²) >= 11 is 3.04. The van der Waals surface area contributed by atoms with Crippen LogP contribution in [0.15, 0.2) is 0 Å². The zero-order valence-corrected chi connectivity index (χ0v) is 10.4. The molecule has 0 bridgehead atoms. The van der Waals surface area contributed by atoms with Crippen molar-refractivity contribution in [3.8, 4) is 0 Å². The average molecular weight is 283 g/mol. The number of rotatable bonds is 2. The third kappa shape index (κ3) is 1.98. The zero-order valence-electron chi connectivity index (χ0n) is 8.02. The van der Waals surface area contributed by atoms with Gasteiger partial charge < -0.3 is 0 Å². The van der Waals surface area contributed by atoms with Gasteiger partial charge in [0, 0.05) is 25.7 Å². The summed E-state index contributed by atoms with van der Waals surface area (Å²) in [4.78, 5) is 2.40. The fraction of sp³-hybridized carbons (Fsp3) is 1.00. The van der Waals surface area contributed by atoms with Crippen LogP contribution in [-0.4, -0.2) is 54.5 Å². The van der Waals surface area contributed by atoms with Gasteiger partial charge in [0.1, 0.15) is 4.66 Å². The Hall–Kier alpha value is 0.350. The Kier molecular flexibility index (Phi) is 3.16. The summed E-state index contributed by atoms with van der Waals surface area (Å²) in [6, 6.07) is 0.470. The lowest BCUT2D eigenvalue weighted by atomic mass is 10.2. The second kappa shape index (κ2) is 4.08. The van der Waals surface area contributed by atoms with Crippen LogP contribution in [0.3, 0.4) is 0 Å². The molecule has 1 unspecified atom stereocenters. The van der Waals surface area contributed by atoms with Gasteiger partial charge in [-0.2, -0.15) is 4.31 Å². The summed E-state index contributed by atoms with van der Waals surface area (Å²) in [6.45, 7) is 3.39. The molecule has 0 spiro atoms. The molecular formula is C8H15BrN2O2S. The Balaban J connectivity index is 2.04. The zero-order chi connectivity index (χ0) is 10.2. The molecule has 2 heterocycles. The number of nitrogens with zero attached hydrogens (tertiary/aromatic N) is 2. The minimum atomic E-state index is -3.04.